The number of carbonyl (C=O) groups excluding carboxylic acids is 2. The van der Waals surface area contributed by atoms with Crippen LogP contribution in [-0.2, 0) is 33.6 Å². The van der Waals surface area contributed by atoms with E-state index in [4.69, 9.17) is 4.74 Å². The number of nitrogens with one attached hydrogen (secondary N) is 1. The van der Waals surface area contributed by atoms with Crippen molar-refractivity contribution in [1.29, 1.82) is 0 Å². The van der Waals surface area contributed by atoms with Gasteiger partial charge in [0, 0.05) is 10.2 Å². The first-order chi connectivity index (χ1) is 12.0. The van der Waals surface area contributed by atoms with Crippen LogP contribution in [0.1, 0.15) is 28.7 Å². The van der Waals surface area contributed by atoms with Gasteiger partial charge in [-0.2, -0.15) is 0 Å². The predicted octanol–water partition coefficient (Wildman–Crippen LogP) is 3.97. The second kappa shape index (κ2) is 7.83. The van der Waals surface area contributed by atoms with Crippen molar-refractivity contribution in [2.45, 2.75) is 32.6 Å². The van der Waals surface area contributed by atoms with Gasteiger partial charge in [0.1, 0.15) is 0 Å². The van der Waals surface area contributed by atoms with E-state index in [9.17, 15) is 9.59 Å². The Kier molecular flexibility index (Phi) is 5.53. The van der Waals surface area contributed by atoms with Crippen molar-refractivity contribution < 1.29 is 14.3 Å². The summed E-state index contributed by atoms with van der Waals surface area (Å²) in [7, 11) is 0. The SMILES string of the molecule is Cc1cc(Br)ccc1NC(=O)COC(=O)Cc1ccc2c(c1)CCC2. The number of halogens is 1. The van der Waals surface area contributed by atoms with Gasteiger partial charge < -0.3 is 10.1 Å². The smallest absolute Gasteiger partial charge is 0.310 e. The summed E-state index contributed by atoms with van der Waals surface area (Å²) >= 11 is 3.38. The summed E-state index contributed by atoms with van der Waals surface area (Å²) in [6, 6.07) is 11.7. The molecule has 0 spiro atoms. The molecule has 0 saturated heterocycles. The molecule has 1 amide bonds. The molecule has 0 aromatic heterocycles. The Balaban J connectivity index is 1.49. The summed E-state index contributed by atoms with van der Waals surface area (Å²) < 4.78 is 6.05. The number of esters is 1. The molecule has 1 N–H and O–H groups in total. The van der Waals surface area contributed by atoms with Crippen LogP contribution in [0.25, 0.3) is 0 Å². The molecule has 0 aliphatic heterocycles. The van der Waals surface area contributed by atoms with Crippen molar-refractivity contribution in [1.82, 2.24) is 0 Å². The predicted molar refractivity (Wildman–Crippen MR) is 101 cm³/mol. The van der Waals surface area contributed by atoms with E-state index in [0.717, 1.165) is 28.4 Å². The van der Waals surface area contributed by atoms with Gasteiger partial charge in [-0.25, -0.2) is 0 Å². The van der Waals surface area contributed by atoms with E-state index < -0.39 is 0 Å². The van der Waals surface area contributed by atoms with Gasteiger partial charge in [0.2, 0.25) is 0 Å². The molecule has 1 aliphatic rings. The average Bonchev–Trinajstić information content (AvgIpc) is 3.03. The summed E-state index contributed by atoms with van der Waals surface area (Å²) in [5.74, 6) is -0.728. The maximum Gasteiger partial charge on any atom is 0.310 e. The lowest BCUT2D eigenvalue weighted by Gasteiger charge is -2.10. The number of anilines is 1. The zero-order chi connectivity index (χ0) is 17.8. The minimum Gasteiger partial charge on any atom is -0.455 e. The molecule has 0 saturated carbocycles. The molecule has 0 fully saturated rings. The Bertz CT molecular complexity index is 817. The second-order valence-electron chi connectivity index (χ2n) is 6.30. The Labute approximate surface area is 155 Å². The summed E-state index contributed by atoms with van der Waals surface area (Å²) in [6.07, 6.45) is 3.57. The number of hydrogen-bond acceptors (Lipinski definition) is 3. The van der Waals surface area contributed by atoms with Crippen molar-refractivity contribution >= 4 is 33.5 Å². The maximum absolute atomic E-state index is 12.0. The molecule has 0 atom stereocenters. The highest BCUT2D eigenvalue weighted by Gasteiger charge is 2.14. The number of benzene rings is 2. The number of amides is 1. The fourth-order valence-corrected chi connectivity index (χ4v) is 3.53. The van der Waals surface area contributed by atoms with Crippen molar-refractivity contribution in [2.24, 2.45) is 0 Å². The zero-order valence-corrected chi connectivity index (χ0v) is 15.7. The third-order valence-corrected chi connectivity index (χ3v) is 4.83. The Morgan fingerprint density at radius 1 is 1.12 bits per heavy atom. The number of fused-ring (bicyclic) bond motifs is 1. The molecule has 3 rings (SSSR count). The quantitative estimate of drug-likeness (QED) is 0.771. The molecule has 5 heteroatoms. The van der Waals surface area contributed by atoms with Crippen LogP contribution in [-0.4, -0.2) is 18.5 Å². The normalized spacial score (nSPS) is 12.6. The molecule has 4 nitrogen and oxygen atoms in total. The summed E-state index contributed by atoms with van der Waals surface area (Å²) in [5, 5.41) is 2.75. The number of carbonyl (C=O) groups is 2. The van der Waals surface area contributed by atoms with E-state index in [1.54, 1.807) is 0 Å². The third-order valence-electron chi connectivity index (χ3n) is 4.34. The van der Waals surface area contributed by atoms with E-state index >= 15 is 0 Å². The van der Waals surface area contributed by atoms with Crippen molar-refractivity contribution in [3.8, 4) is 0 Å². The zero-order valence-electron chi connectivity index (χ0n) is 14.1. The van der Waals surface area contributed by atoms with Gasteiger partial charge in [-0.05, 0) is 66.6 Å². The van der Waals surface area contributed by atoms with Gasteiger partial charge in [0.25, 0.3) is 5.91 Å². The van der Waals surface area contributed by atoms with Crippen LogP contribution in [0.15, 0.2) is 40.9 Å². The number of hydrogen-bond donors (Lipinski definition) is 1. The highest BCUT2D eigenvalue weighted by molar-refractivity contribution is 9.10. The molecule has 2 aromatic carbocycles. The van der Waals surface area contributed by atoms with Crippen LogP contribution in [0.4, 0.5) is 5.69 Å². The minimum atomic E-state index is -0.388. The topological polar surface area (TPSA) is 55.4 Å². The second-order valence-corrected chi connectivity index (χ2v) is 7.22. The summed E-state index contributed by atoms with van der Waals surface area (Å²) in [4.78, 5) is 23.9. The molecule has 130 valence electrons. The van der Waals surface area contributed by atoms with Crippen molar-refractivity contribution in [3.63, 3.8) is 0 Å². The molecule has 0 unspecified atom stereocenters. The number of ether oxygens (including phenoxy) is 1. The van der Waals surface area contributed by atoms with E-state index in [1.165, 1.54) is 17.5 Å². The van der Waals surface area contributed by atoms with Gasteiger partial charge in [-0.15, -0.1) is 0 Å². The van der Waals surface area contributed by atoms with Crippen LogP contribution in [0, 0.1) is 6.92 Å². The number of aryl methyl sites for hydroxylation is 3. The Morgan fingerprint density at radius 3 is 2.72 bits per heavy atom. The van der Waals surface area contributed by atoms with E-state index in [-0.39, 0.29) is 24.9 Å². The van der Waals surface area contributed by atoms with Crippen LogP contribution in [0.5, 0.6) is 0 Å². The van der Waals surface area contributed by atoms with E-state index in [0.29, 0.717) is 5.69 Å². The lowest BCUT2D eigenvalue weighted by Crippen LogP contribution is -2.22. The first-order valence-electron chi connectivity index (χ1n) is 8.33. The minimum absolute atomic E-state index is 0.192. The van der Waals surface area contributed by atoms with Crippen molar-refractivity contribution in [2.75, 3.05) is 11.9 Å². The molecule has 25 heavy (non-hydrogen) atoms. The third kappa shape index (κ3) is 4.69. The fraction of sp³-hybridized carbons (Fsp3) is 0.300. The maximum atomic E-state index is 12.0. The lowest BCUT2D eigenvalue weighted by molar-refractivity contribution is -0.146. The monoisotopic (exact) mass is 401 g/mol. The average molecular weight is 402 g/mol. The van der Waals surface area contributed by atoms with Gasteiger partial charge >= 0.3 is 5.97 Å². The van der Waals surface area contributed by atoms with Crippen LogP contribution >= 0.6 is 15.9 Å². The fourth-order valence-electron chi connectivity index (χ4n) is 3.05. The number of rotatable bonds is 5. The molecule has 0 bridgehead atoms. The van der Waals surface area contributed by atoms with Crippen LogP contribution in [0.3, 0.4) is 0 Å². The Hall–Kier alpha value is -2.14. The van der Waals surface area contributed by atoms with Crippen LogP contribution in [0.2, 0.25) is 0 Å². The molecule has 0 heterocycles. The highest BCUT2D eigenvalue weighted by Crippen LogP contribution is 2.23. The van der Waals surface area contributed by atoms with Gasteiger partial charge in [-0.3, -0.25) is 9.59 Å². The van der Waals surface area contributed by atoms with Gasteiger partial charge in [-0.1, -0.05) is 34.1 Å². The van der Waals surface area contributed by atoms with Crippen molar-refractivity contribution in [3.05, 3.63) is 63.1 Å². The standard InChI is InChI=1S/C20H20BrNO3/c1-13-9-17(21)7-8-18(13)22-19(23)12-25-20(24)11-14-5-6-15-3-2-4-16(15)10-14/h5-10H,2-4,11-12H2,1H3,(H,22,23). The lowest BCUT2D eigenvalue weighted by atomic mass is 10.0. The summed E-state index contributed by atoms with van der Waals surface area (Å²) in [5.41, 5.74) is 5.29. The highest BCUT2D eigenvalue weighted by atomic mass is 79.9. The molecule has 2 aromatic rings. The molecular weight excluding hydrogens is 382 g/mol. The van der Waals surface area contributed by atoms with Gasteiger partial charge in [0.05, 0.1) is 6.42 Å². The molecule has 0 radical (unpaired) electrons. The van der Waals surface area contributed by atoms with E-state index in [2.05, 4.69) is 33.4 Å². The summed E-state index contributed by atoms with van der Waals surface area (Å²) in [6.45, 7) is 1.62. The first-order valence-corrected chi connectivity index (χ1v) is 9.13. The molecular formula is C20H20BrNO3. The van der Waals surface area contributed by atoms with Crippen LogP contribution < -0.4 is 5.32 Å². The first kappa shape index (κ1) is 17.7. The largest absolute Gasteiger partial charge is 0.455 e. The van der Waals surface area contributed by atoms with Gasteiger partial charge in [0.15, 0.2) is 6.61 Å². The Morgan fingerprint density at radius 2 is 1.92 bits per heavy atom. The van der Waals surface area contributed by atoms with E-state index in [1.807, 2.05) is 31.2 Å². The molecule has 1 aliphatic carbocycles.